The van der Waals surface area contributed by atoms with Crippen LogP contribution >= 0.6 is 0 Å². The van der Waals surface area contributed by atoms with Crippen LogP contribution in [0.15, 0.2) is 60.8 Å². The van der Waals surface area contributed by atoms with E-state index in [1.165, 1.54) is 16.6 Å². The molecule has 4 aromatic rings. The summed E-state index contributed by atoms with van der Waals surface area (Å²) in [7, 11) is 2.11. The summed E-state index contributed by atoms with van der Waals surface area (Å²) < 4.78 is 4.45. The van der Waals surface area contributed by atoms with Crippen molar-refractivity contribution in [2.24, 2.45) is 7.05 Å². The Morgan fingerprint density at radius 1 is 0.917 bits per heavy atom. The highest BCUT2D eigenvalue weighted by Crippen LogP contribution is 2.28. The lowest BCUT2D eigenvalue weighted by Gasteiger charge is -2.05. The molecule has 0 spiro atoms. The molecule has 2 aromatic carbocycles. The molecule has 0 saturated heterocycles. The van der Waals surface area contributed by atoms with Crippen LogP contribution in [-0.4, -0.2) is 14.5 Å². The van der Waals surface area contributed by atoms with E-state index >= 15 is 0 Å². The molecule has 0 saturated carbocycles. The monoisotopic (exact) mass is 315 g/mol. The molecule has 0 unspecified atom stereocenters. The Kier molecular flexibility index (Phi) is 3.38. The number of hydrogen-bond donors (Lipinski definition) is 0. The summed E-state index contributed by atoms with van der Waals surface area (Å²) in [6, 6.07) is 18.8. The molecule has 0 fully saturated rings. The maximum Gasteiger partial charge on any atom is 0.296 e. The molecule has 0 aliphatic carbocycles. The first-order chi connectivity index (χ1) is 11.7. The first-order valence-corrected chi connectivity index (χ1v) is 8.02. The van der Waals surface area contributed by atoms with Gasteiger partial charge in [-0.15, -0.1) is 0 Å². The number of aromatic nitrogens is 4. The van der Waals surface area contributed by atoms with Crippen LogP contribution in [0.2, 0.25) is 0 Å². The smallest absolute Gasteiger partial charge is 0.241 e. The Morgan fingerprint density at radius 3 is 2.46 bits per heavy atom. The molecule has 4 rings (SSSR count). The van der Waals surface area contributed by atoms with Crippen molar-refractivity contribution < 1.29 is 4.57 Å². The average molecular weight is 315 g/mol. The molecule has 0 aliphatic rings. The second-order valence-corrected chi connectivity index (χ2v) is 5.98. The number of imidazole rings is 1. The number of benzene rings is 2. The lowest BCUT2D eigenvalue weighted by atomic mass is 10.1. The molecule has 118 valence electrons. The summed E-state index contributed by atoms with van der Waals surface area (Å²) in [6.07, 6.45) is 1.81. The van der Waals surface area contributed by atoms with E-state index in [4.69, 9.17) is 0 Å². The second-order valence-electron chi connectivity index (χ2n) is 5.98. The molecule has 0 amide bonds. The number of nitrogens with zero attached hydrogens (tertiary/aromatic N) is 4. The molecular weight excluding hydrogens is 296 g/mol. The first-order valence-electron chi connectivity index (χ1n) is 8.02. The van der Waals surface area contributed by atoms with Gasteiger partial charge in [0, 0.05) is 12.3 Å². The third-order valence-corrected chi connectivity index (χ3v) is 4.39. The molecule has 0 radical (unpaired) electrons. The number of rotatable bonds is 2. The summed E-state index contributed by atoms with van der Waals surface area (Å²) in [5.74, 6) is 2.77. The van der Waals surface area contributed by atoms with Crippen molar-refractivity contribution in [2.75, 3.05) is 0 Å². The molecule has 24 heavy (non-hydrogen) atoms. The average Bonchev–Trinajstić information content (AvgIpc) is 2.88. The number of aryl methyl sites for hydroxylation is 3. The second kappa shape index (κ2) is 5.57. The van der Waals surface area contributed by atoms with Crippen molar-refractivity contribution in [2.45, 2.75) is 13.8 Å². The molecule has 0 N–H and O–H groups in total. The van der Waals surface area contributed by atoms with Gasteiger partial charge in [-0.1, -0.05) is 30.3 Å². The Morgan fingerprint density at radius 2 is 1.67 bits per heavy atom. The van der Waals surface area contributed by atoms with Crippen LogP contribution in [0, 0.1) is 13.8 Å². The highest BCUT2D eigenvalue weighted by molar-refractivity contribution is 5.79. The maximum absolute atomic E-state index is 4.66. The Labute approximate surface area is 141 Å². The molecule has 4 heteroatoms. The van der Waals surface area contributed by atoms with E-state index in [1.54, 1.807) is 0 Å². The van der Waals surface area contributed by atoms with E-state index in [2.05, 4.69) is 81.6 Å². The molecule has 2 aromatic heterocycles. The summed E-state index contributed by atoms with van der Waals surface area (Å²) in [5, 5.41) is 0. The van der Waals surface area contributed by atoms with Crippen LogP contribution in [-0.2, 0) is 7.05 Å². The number of para-hydroxylation sites is 2. The van der Waals surface area contributed by atoms with Crippen molar-refractivity contribution in [3.63, 3.8) is 0 Å². The van der Waals surface area contributed by atoms with Gasteiger partial charge < -0.3 is 0 Å². The van der Waals surface area contributed by atoms with Crippen LogP contribution in [0.5, 0.6) is 0 Å². The predicted molar refractivity (Wildman–Crippen MR) is 95.0 cm³/mol. The van der Waals surface area contributed by atoms with E-state index < -0.39 is 0 Å². The van der Waals surface area contributed by atoms with Gasteiger partial charge in [-0.3, -0.25) is 0 Å². The third kappa shape index (κ3) is 2.19. The Bertz CT molecular complexity index is 1050. The van der Waals surface area contributed by atoms with Crippen molar-refractivity contribution in [3.05, 3.63) is 72.2 Å². The van der Waals surface area contributed by atoms with E-state index in [0.717, 1.165) is 23.0 Å². The topological polar surface area (TPSA) is 34.6 Å². The van der Waals surface area contributed by atoms with Gasteiger partial charge in [0.25, 0.3) is 5.82 Å². The van der Waals surface area contributed by atoms with Crippen molar-refractivity contribution in [1.29, 1.82) is 0 Å². The standard InChI is InChI=1S/C20H19N4/c1-14-8-4-5-9-16(14)20-23(3)17-10-6-7-11-18(17)24(20)19-12-13-21-15(2)22-19/h4-13H,1-3H3/q+1. The van der Waals surface area contributed by atoms with Gasteiger partial charge in [-0.05, 0) is 37.6 Å². The van der Waals surface area contributed by atoms with Gasteiger partial charge in [-0.2, -0.15) is 9.55 Å². The van der Waals surface area contributed by atoms with Gasteiger partial charge in [0.15, 0.2) is 11.0 Å². The molecular formula is C20H19N4+. The fourth-order valence-electron chi connectivity index (χ4n) is 3.24. The predicted octanol–water partition coefficient (Wildman–Crippen LogP) is 3.53. The Hall–Kier alpha value is -3.01. The van der Waals surface area contributed by atoms with Crippen molar-refractivity contribution in [1.82, 2.24) is 14.5 Å². The lowest BCUT2D eigenvalue weighted by Crippen LogP contribution is -2.30. The van der Waals surface area contributed by atoms with Gasteiger partial charge >= 0.3 is 0 Å². The zero-order valence-corrected chi connectivity index (χ0v) is 14.1. The van der Waals surface area contributed by atoms with Gasteiger partial charge in [-0.25, -0.2) is 9.55 Å². The fourth-order valence-corrected chi connectivity index (χ4v) is 3.24. The molecule has 0 atom stereocenters. The molecule has 0 bridgehead atoms. The summed E-state index contributed by atoms with van der Waals surface area (Å²) in [5.41, 5.74) is 4.75. The minimum Gasteiger partial charge on any atom is -0.241 e. The van der Waals surface area contributed by atoms with E-state index in [1.807, 2.05) is 19.2 Å². The summed E-state index contributed by atoms with van der Waals surface area (Å²) in [4.78, 5) is 8.90. The van der Waals surface area contributed by atoms with E-state index in [0.29, 0.717) is 0 Å². The van der Waals surface area contributed by atoms with Crippen LogP contribution in [0.25, 0.3) is 28.2 Å². The molecule has 0 aliphatic heterocycles. The van der Waals surface area contributed by atoms with E-state index in [9.17, 15) is 0 Å². The van der Waals surface area contributed by atoms with Crippen LogP contribution in [0.4, 0.5) is 0 Å². The number of hydrogen-bond acceptors (Lipinski definition) is 2. The highest BCUT2D eigenvalue weighted by atomic mass is 15.2. The fraction of sp³-hybridized carbons (Fsp3) is 0.150. The Balaban J connectivity index is 2.15. The minimum atomic E-state index is 0.767. The lowest BCUT2D eigenvalue weighted by molar-refractivity contribution is -0.633. The normalized spacial score (nSPS) is 11.1. The van der Waals surface area contributed by atoms with Crippen LogP contribution < -0.4 is 4.57 Å². The van der Waals surface area contributed by atoms with Crippen LogP contribution in [0.1, 0.15) is 11.4 Å². The molecule has 2 heterocycles. The SMILES string of the molecule is Cc1nccc(-n2c(-c3ccccc3C)[n+](C)c3ccccc32)n1. The minimum absolute atomic E-state index is 0.767. The molecule has 4 nitrogen and oxygen atoms in total. The maximum atomic E-state index is 4.66. The zero-order chi connectivity index (χ0) is 16.7. The van der Waals surface area contributed by atoms with Gasteiger partial charge in [0.1, 0.15) is 5.82 Å². The zero-order valence-electron chi connectivity index (χ0n) is 14.1. The highest BCUT2D eigenvalue weighted by Gasteiger charge is 2.27. The third-order valence-electron chi connectivity index (χ3n) is 4.39. The number of fused-ring (bicyclic) bond motifs is 1. The van der Waals surface area contributed by atoms with Gasteiger partial charge in [0.05, 0.1) is 12.6 Å². The largest absolute Gasteiger partial charge is 0.296 e. The quantitative estimate of drug-likeness (QED) is 0.530. The summed E-state index contributed by atoms with van der Waals surface area (Å²) >= 11 is 0. The first kappa shape index (κ1) is 14.6. The van der Waals surface area contributed by atoms with E-state index in [-0.39, 0.29) is 0 Å². The van der Waals surface area contributed by atoms with Crippen molar-refractivity contribution >= 4 is 11.0 Å². The summed E-state index contributed by atoms with van der Waals surface area (Å²) in [6.45, 7) is 4.06. The van der Waals surface area contributed by atoms with Crippen LogP contribution in [0.3, 0.4) is 0 Å². The van der Waals surface area contributed by atoms with Gasteiger partial charge in [0.2, 0.25) is 5.82 Å². The van der Waals surface area contributed by atoms with Crippen molar-refractivity contribution in [3.8, 4) is 17.2 Å².